The van der Waals surface area contributed by atoms with E-state index in [1.54, 1.807) is 17.0 Å². The second kappa shape index (κ2) is 3.79. The molecule has 0 spiro atoms. The van der Waals surface area contributed by atoms with E-state index in [0.717, 1.165) is 27.1 Å². The van der Waals surface area contributed by atoms with E-state index in [9.17, 15) is 0 Å². The molecule has 94 valence electrons. The van der Waals surface area contributed by atoms with E-state index in [1.165, 1.54) is 11.3 Å². The first-order chi connectivity index (χ1) is 9.33. The van der Waals surface area contributed by atoms with Crippen molar-refractivity contribution in [1.82, 2.24) is 19.8 Å². The Kier molecular flexibility index (Phi) is 2.10. The Morgan fingerprint density at radius 1 is 1.16 bits per heavy atom. The van der Waals surface area contributed by atoms with Crippen LogP contribution < -0.4 is 0 Å². The Morgan fingerprint density at radius 3 is 2.84 bits per heavy atom. The maximum Gasteiger partial charge on any atom is 0.235 e. The zero-order valence-corrected chi connectivity index (χ0v) is 10.7. The summed E-state index contributed by atoms with van der Waals surface area (Å²) in [5.74, 6) is 2.20. The molecule has 19 heavy (non-hydrogen) atoms. The van der Waals surface area contributed by atoms with Gasteiger partial charge in [0.05, 0.1) is 18.1 Å². The molecule has 0 aliphatic heterocycles. The van der Waals surface area contributed by atoms with E-state index in [4.69, 9.17) is 8.83 Å². The van der Waals surface area contributed by atoms with Crippen molar-refractivity contribution in [2.75, 3.05) is 0 Å². The third-order valence-electron chi connectivity index (χ3n) is 2.82. The Labute approximate surface area is 111 Å². The highest BCUT2D eigenvalue weighted by atomic mass is 32.1. The number of aromatic nitrogens is 4. The molecule has 0 amide bonds. The van der Waals surface area contributed by atoms with Crippen LogP contribution in [0.2, 0.25) is 0 Å². The van der Waals surface area contributed by atoms with E-state index in [2.05, 4.69) is 15.3 Å². The van der Waals surface area contributed by atoms with Crippen molar-refractivity contribution in [1.29, 1.82) is 0 Å². The molecule has 0 bridgehead atoms. The standard InChI is InChI=1S/C12H8N4O2S/c1-7-8(4-6-17-7)10-13-14-12-16(10)15-11(19-12)9-3-2-5-18-9/h2-6H,1H3. The third kappa shape index (κ3) is 1.52. The topological polar surface area (TPSA) is 69.4 Å². The summed E-state index contributed by atoms with van der Waals surface area (Å²) in [5.41, 5.74) is 0.892. The molecule has 6 nitrogen and oxygen atoms in total. The molecular formula is C12H8N4O2S. The van der Waals surface area contributed by atoms with Crippen LogP contribution in [-0.2, 0) is 0 Å². The van der Waals surface area contributed by atoms with Crippen molar-refractivity contribution in [3.8, 4) is 22.2 Å². The molecule has 4 aromatic rings. The molecule has 0 atom stereocenters. The summed E-state index contributed by atoms with van der Waals surface area (Å²) in [7, 11) is 0. The van der Waals surface area contributed by atoms with Crippen LogP contribution in [0.15, 0.2) is 39.6 Å². The molecule has 0 saturated carbocycles. The van der Waals surface area contributed by atoms with Gasteiger partial charge in [-0.3, -0.25) is 0 Å². The van der Waals surface area contributed by atoms with Gasteiger partial charge >= 0.3 is 0 Å². The lowest BCUT2D eigenvalue weighted by Gasteiger charge is -1.93. The summed E-state index contributed by atoms with van der Waals surface area (Å²) >= 11 is 1.43. The normalized spacial score (nSPS) is 11.4. The van der Waals surface area contributed by atoms with Crippen LogP contribution in [0, 0.1) is 6.92 Å². The maximum absolute atomic E-state index is 5.34. The zero-order chi connectivity index (χ0) is 12.8. The molecule has 4 heterocycles. The fraction of sp³-hybridized carbons (Fsp3) is 0.0833. The highest BCUT2D eigenvalue weighted by Gasteiger charge is 2.17. The number of hydrogen-bond acceptors (Lipinski definition) is 6. The molecule has 0 radical (unpaired) electrons. The highest BCUT2D eigenvalue weighted by molar-refractivity contribution is 7.19. The lowest BCUT2D eigenvalue weighted by atomic mass is 10.2. The van der Waals surface area contributed by atoms with E-state index in [0.29, 0.717) is 5.82 Å². The average Bonchev–Trinajstić information content (AvgIpc) is 3.11. The van der Waals surface area contributed by atoms with Gasteiger partial charge in [0.25, 0.3) is 0 Å². The van der Waals surface area contributed by atoms with Crippen molar-refractivity contribution in [3.63, 3.8) is 0 Å². The molecule has 4 aromatic heterocycles. The quantitative estimate of drug-likeness (QED) is 0.561. The van der Waals surface area contributed by atoms with Gasteiger partial charge in [-0.15, -0.1) is 15.3 Å². The number of fused-ring (bicyclic) bond motifs is 1. The average molecular weight is 272 g/mol. The lowest BCUT2D eigenvalue weighted by Crippen LogP contribution is -1.90. The molecule has 0 N–H and O–H groups in total. The fourth-order valence-corrected chi connectivity index (χ4v) is 2.71. The minimum absolute atomic E-state index is 0.676. The smallest absolute Gasteiger partial charge is 0.235 e. The van der Waals surface area contributed by atoms with Gasteiger partial charge in [0, 0.05) is 0 Å². The maximum atomic E-state index is 5.34. The Balaban J connectivity index is 1.92. The zero-order valence-electron chi connectivity index (χ0n) is 9.90. The van der Waals surface area contributed by atoms with Crippen LogP contribution in [0.5, 0.6) is 0 Å². The Morgan fingerprint density at radius 2 is 2.11 bits per heavy atom. The molecule has 0 aromatic carbocycles. The summed E-state index contributed by atoms with van der Waals surface area (Å²) in [6, 6.07) is 5.56. The largest absolute Gasteiger partial charge is 0.469 e. The van der Waals surface area contributed by atoms with Gasteiger partial charge in [-0.05, 0) is 25.1 Å². The van der Waals surface area contributed by atoms with Gasteiger partial charge in [-0.1, -0.05) is 11.3 Å². The van der Waals surface area contributed by atoms with E-state index in [1.807, 2.05) is 25.1 Å². The predicted octanol–water partition coefficient (Wildman–Crippen LogP) is 3.01. The van der Waals surface area contributed by atoms with Crippen molar-refractivity contribution >= 4 is 16.3 Å². The second-order valence-electron chi connectivity index (χ2n) is 3.99. The lowest BCUT2D eigenvalue weighted by molar-refractivity contribution is 0.535. The van der Waals surface area contributed by atoms with Crippen LogP contribution in [-0.4, -0.2) is 19.8 Å². The fourth-order valence-electron chi connectivity index (χ4n) is 1.90. The van der Waals surface area contributed by atoms with Gasteiger partial charge in [-0.25, -0.2) is 0 Å². The van der Waals surface area contributed by atoms with Crippen LogP contribution in [0.25, 0.3) is 27.1 Å². The molecule has 4 rings (SSSR count). The van der Waals surface area contributed by atoms with Crippen LogP contribution in [0.1, 0.15) is 5.76 Å². The van der Waals surface area contributed by atoms with Gasteiger partial charge in [0.15, 0.2) is 16.6 Å². The monoisotopic (exact) mass is 272 g/mol. The first-order valence-corrected chi connectivity index (χ1v) is 6.45. The summed E-state index contributed by atoms with van der Waals surface area (Å²) in [5, 5.41) is 13.5. The molecule has 0 unspecified atom stereocenters. The first-order valence-electron chi connectivity index (χ1n) is 5.63. The summed E-state index contributed by atoms with van der Waals surface area (Å²) < 4.78 is 12.3. The highest BCUT2D eigenvalue weighted by Crippen LogP contribution is 2.29. The number of aryl methyl sites for hydroxylation is 1. The second-order valence-corrected chi connectivity index (χ2v) is 4.95. The molecule has 0 aliphatic rings. The van der Waals surface area contributed by atoms with Gasteiger partial charge in [0.1, 0.15) is 5.76 Å². The SMILES string of the molecule is Cc1occc1-c1nnc2sc(-c3ccco3)nn12. The van der Waals surface area contributed by atoms with Crippen molar-refractivity contribution in [3.05, 3.63) is 36.5 Å². The number of rotatable bonds is 2. The van der Waals surface area contributed by atoms with E-state index < -0.39 is 0 Å². The minimum Gasteiger partial charge on any atom is -0.469 e. The molecule has 0 fully saturated rings. The predicted molar refractivity (Wildman–Crippen MR) is 68.8 cm³/mol. The van der Waals surface area contributed by atoms with E-state index in [-0.39, 0.29) is 0 Å². The molecular weight excluding hydrogens is 264 g/mol. The van der Waals surface area contributed by atoms with Gasteiger partial charge in [0.2, 0.25) is 4.96 Å². The molecule has 7 heteroatoms. The minimum atomic E-state index is 0.676. The molecule has 0 saturated heterocycles. The van der Waals surface area contributed by atoms with Crippen molar-refractivity contribution < 1.29 is 8.83 Å². The van der Waals surface area contributed by atoms with E-state index >= 15 is 0 Å². The Bertz CT molecular complexity index is 840. The van der Waals surface area contributed by atoms with Gasteiger partial charge in [-0.2, -0.15) is 4.52 Å². The van der Waals surface area contributed by atoms with Crippen LogP contribution >= 0.6 is 11.3 Å². The van der Waals surface area contributed by atoms with Crippen LogP contribution in [0.4, 0.5) is 0 Å². The Hall–Kier alpha value is -2.41. The summed E-state index contributed by atoms with van der Waals surface area (Å²) in [6.45, 7) is 1.89. The third-order valence-corrected chi connectivity index (χ3v) is 3.74. The first kappa shape index (κ1) is 10.5. The van der Waals surface area contributed by atoms with Crippen LogP contribution in [0.3, 0.4) is 0 Å². The summed E-state index contributed by atoms with van der Waals surface area (Å²) in [4.78, 5) is 0.724. The van der Waals surface area contributed by atoms with Gasteiger partial charge < -0.3 is 8.83 Å². The summed E-state index contributed by atoms with van der Waals surface area (Å²) in [6.07, 6.45) is 3.25. The van der Waals surface area contributed by atoms with Crippen molar-refractivity contribution in [2.24, 2.45) is 0 Å². The molecule has 0 aliphatic carbocycles. The number of hydrogen-bond donors (Lipinski definition) is 0. The van der Waals surface area contributed by atoms with Crippen molar-refractivity contribution in [2.45, 2.75) is 6.92 Å². The number of furan rings is 2. The number of nitrogens with zero attached hydrogens (tertiary/aromatic N) is 4.